The van der Waals surface area contributed by atoms with Crippen LogP contribution in [0.5, 0.6) is 11.5 Å². The SMILES string of the molecule is COc1cc(C)c(NC(=O)C2CCN(S(=O)(=O)c3cc(F)ccc3F)CC2)cc1OC. The molecule has 1 heterocycles. The minimum Gasteiger partial charge on any atom is -0.493 e. The van der Waals surface area contributed by atoms with Gasteiger partial charge in [-0.2, -0.15) is 4.31 Å². The fourth-order valence-electron chi connectivity index (χ4n) is 3.52. The molecule has 31 heavy (non-hydrogen) atoms. The summed E-state index contributed by atoms with van der Waals surface area (Å²) in [7, 11) is -1.17. The molecule has 0 aliphatic carbocycles. The van der Waals surface area contributed by atoms with E-state index in [9.17, 15) is 22.0 Å². The van der Waals surface area contributed by atoms with E-state index in [0.29, 0.717) is 23.3 Å². The zero-order chi connectivity index (χ0) is 22.8. The minimum atomic E-state index is -4.19. The fourth-order valence-corrected chi connectivity index (χ4v) is 5.07. The van der Waals surface area contributed by atoms with Crippen LogP contribution in [0.4, 0.5) is 14.5 Å². The maximum atomic E-state index is 14.0. The number of methoxy groups -OCH3 is 2. The van der Waals surface area contributed by atoms with Crippen LogP contribution in [0, 0.1) is 24.5 Å². The topological polar surface area (TPSA) is 84.9 Å². The lowest BCUT2D eigenvalue weighted by Gasteiger charge is -2.30. The number of carbonyl (C=O) groups excluding carboxylic acids is 1. The standard InChI is InChI=1S/C21H24F2N2O5S/c1-13-10-18(29-2)19(30-3)12-17(13)24-21(26)14-6-8-25(9-7-14)31(27,28)20-11-15(22)4-5-16(20)23/h4-5,10-12,14H,6-9H2,1-3H3,(H,24,26). The van der Waals surface area contributed by atoms with Gasteiger partial charge in [-0.25, -0.2) is 17.2 Å². The maximum Gasteiger partial charge on any atom is 0.246 e. The van der Waals surface area contributed by atoms with E-state index in [-0.39, 0.29) is 31.8 Å². The molecule has 0 unspecified atom stereocenters. The third kappa shape index (κ3) is 4.80. The molecule has 0 bridgehead atoms. The van der Waals surface area contributed by atoms with Crippen LogP contribution in [0.15, 0.2) is 35.2 Å². The van der Waals surface area contributed by atoms with Gasteiger partial charge in [-0.1, -0.05) is 0 Å². The molecule has 10 heteroatoms. The van der Waals surface area contributed by atoms with Crippen LogP contribution in [-0.2, 0) is 14.8 Å². The number of anilines is 1. The highest BCUT2D eigenvalue weighted by atomic mass is 32.2. The first-order valence-electron chi connectivity index (χ1n) is 9.66. The fraction of sp³-hybridized carbons (Fsp3) is 0.381. The number of sulfonamides is 1. The largest absolute Gasteiger partial charge is 0.493 e. The Bertz CT molecular complexity index is 1080. The summed E-state index contributed by atoms with van der Waals surface area (Å²) in [5.41, 5.74) is 1.35. The molecular formula is C21H24F2N2O5S. The number of piperidine rings is 1. The van der Waals surface area contributed by atoms with E-state index in [1.165, 1.54) is 14.2 Å². The van der Waals surface area contributed by atoms with Crippen molar-refractivity contribution < 1.29 is 31.5 Å². The van der Waals surface area contributed by atoms with Crippen LogP contribution in [0.25, 0.3) is 0 Å². The molecule has 0 aromatic heterocycles. The Hall–Kier alpha value is -2.72. The van der Waals surface area contributed by atoms with Crippen molar-refractivity contribution in [3.8, 4) is 11.5 Å². The number of carbonyl (C=O) groups is 1. The molecule has 1 N–H and O–H groups in total. The molecule has 0 saturated carbocycles. The number of rotatable bonds is 6. The molecule has 3 rings (SSSR count). The average molecular weight is 454 g/mol. The summed E-state index contributed by atoms with van der Waals surface area (Å²) in [4.78, 5) is 12.0. The summed E-state index contributed by atoms with van der Waals surface area (Å²) < 4.78 is 64.4. The number of nitrogens with zero attached hydrogens (tertiary/aromatic N) is 1. The van der Waals surface area contributed by atoms with Gasteiger partial charge in [0, 0.05) is 30.8 Å². The Morgan fingerprint density at radius 3 is 2.29 bits per heavy atom. The van der Waals surface area contributed by atoms with E-state index in [2.05, 4.69) is 5.32 Å². The summed E-state index contributed by atoms with van der Waals surface area (Å²) in [6.45, 7) is 1.88. The van der Waals surface area contributed by atoms with E-state index < -0.39 is 32.5 Å². The molecule has 7 nitrogen and oxygen atoms in total. The molecule has 0 atom stereocenters. The highest BCUT2D eigenvalue weighted by Crippen LogP contribution is 2.34. The monoisotopic (exact) mass is 454 g/mol. The maximum absolute atomic E-state index is 14.0. The van der Waals surface area contributed by atoms with Crippen LogP contribution >= 0.6 is 0 Å². The molecule has 1 amide bonds. The zero-order valence-electron chi connectivity index (χ0n) is 17.4. The molecule has 2 aromatic rings. The molecule has 0 radical (unpaired) electrons. The number of amides is 1. The lowest BCUT2D eigenvalue weighted by Crippen LogP contribution is -2.41. The highest BCUT2D eigenvalue weighted by Gasteiger charge is 2.34. The summed E-state index contributed by atoms with van der Waals surface area (Å²) in [5, 5.41) is 2.86. The van der Waals surface area contributed by atoms with Crippen LogP contribution in [0.1, 0.15) is 18.4 Å². The quantitative estimate of drug-likeness (QED) is 0.724. The number of nitrogens with one attached hydrogen (secondary N) is 1. The van der Waals surface area contributed by atoms with Gasteiger partial charge in [0.25, 0.3) is 0 Å². The second-order valence-corrected chi connectivity index (χ2v) is 9.17. The van der Waals surface area contributed by atoms with E-state index >= 15 is 0 Å². The van der Waals surface area contributed by atoms with E-state index in [1.807, 2.05) is 6.92 Å². The lowest BCUT2D eigenvalue weighted by atomic mass is 9.97. The Morgan fingerprint density at radius 1 is 1.06 bits per heavy atom. The van der Waals surface area contributed by atoms with Crippen molar-refractivity contribution in [2.75, 3.05) is 32.6 Å². The molecule has 168 valence electrons. The Labute approximate surface area is 180 Å². The van der Waals surface area contributed by atoms with E-state index in [0.717, 1.165) is 22.0 Å². The van der Waals surface area contributed by atoms with Crippen molar-refractivity contribution in [1.82, 2.24) is 4.31 Å². The molecular weight excluding hydrogens is 430 g/mol. The predicted octanol–water partition coefficient (Wildman–Crippen LogP) is 3.33. The third-order valence-electron chi connectivity index (χ3n) is 5.32. The van der Waals surface area contributed by atoms with Gasteiger partial charge in [0.1, 0.15) is 16.5 Å². The number of ether oxygens (including phenoxy) is 2. The van der Waals surface area contributed by atoms with Crippen LogP contribution in [0.3, 0.4) is 0 Å². The van der Waals surface area contributed by atoms with E-state index in [1.54, 1.807) is 12.1 Å². The number of benzene rings is 2. The number of halogens is 2. The summed E-state index contributed by atoms with van der Waals surface area (Å²) in [6.07, 6.45) is 0.517. The highest BCUT2D eigenvalue weighted by molar-refractivity contribution is 7.89. The summed E-state index contributed by atoms with van der Waals surface area (Å²) in [6, 6.07) is 5.73. The van der Waals surface area contributed by atoms with Gasteiger partial charge in [-0.3, -0.25) is 4.79 Å². The van der Waals surface area contributed by atoms with Gasteiger partial charge in [-0.15, -0.1) is 0 Å². The van der Waals surface area contributed by atoms with Crippen molar-refractivity contribution in [2.24, 2.45) is 5.92 Å². The average Bonchev–Trinajstić information content (AvgIpc) is 2.76. The Kier molecular flexibility index (Phi) is 6.80. The second kappa shape index (κ2) is 9.19. The van der Waals surface area contributed by atoms with Crippen LogP contribution in [0.2, 0.25) is 0 Å². The zero-order valence-corrected chi connectivity index (χ0v) is 18.3. The first kappa shape index (κ1) is 23.0. The third-order valence-corrected chi connectivity index (χ3v) is 7.24. The lowest BCUT2D eigenvalue weighted by molar-refractivity contribution is -0.120. The summed E-state index contributed by atoms with van der Waals surface area (Å²) in [5.74, 6) is -1.49. The smallest absolute Gasteiger partial charge is 0.246 e. The van der Waals surface area contributed by atoms with Crippen molar-refractivity contribution in [3.63, 3.8) is 0 Å². The van der Waals surface area contributed by atoms with Crippen molar-refractivity contribution in [3.05, 3.63) is 47.5 Å². The van der Waals surface area contributed by atoms with Gasteiger partial charge < -0.3 is 14.8 Å². The molecule has 2 aromatic carbocycles. The second-order valence-electron chi connectivity index (χ2n) is 7.26. The molecule has 0 spiro atoms. The van der Waals surface area contributed by atoms with Gasteiger partial charge in [-0.05, 0) is 49.6 Å². The van der Waals surface area contributed by atoms with Gasteiger partial charge >= 0.3 is 0 Å². The van der Waals surface area contributed by atoms with Crippen molar-refractivity contribution >= 4 is 21.6 Å². The van der Waals surface area contributed by atoms with Gasteiger partial charge in [0.2, 0.25) is 15.9 Å². The first-order chi connectivity index (χ1) is 14.7. The van der Waals surface area contributed by atoms with Crippen molar-refractivity contribution in [2.45, 2.75) is 24.7 Å². The molecule has 1 aliphatic heterocycles. The van der Waals surface area contributed by atoms with Gasteiger partial charge in [0.15, 0.2) is 11.5 Å². The van der Waals surface area contributed by atoms with Crippen LogP contribution < -0.4 is 14.8 Å². The first-order valence-corrected chi connectivity index (χ1v) is 11.1. The van der Waals surface area contributed by atoms with Gasteiger partial charge in [0.05, 0.1) is 14.2 Å². The minimum absolute atomic E-state index is 0.0291. The predicted molar refractivity (Wildman–Crippen MR) is 111 cm³/mol. The van der Waals surface area contributed by atoms with E-state index in [4.69, 9.17) is 9.47 Å². The molecule has 1 fully saturated rings. The van der Waals surface area contributed by atoms with Crippen LogP contribution in [-0.4, -0.2) is 45.9 Å². The molecule has 1 saturated heterocycles. The summed E-state index contributed by atoms with van der Waals surface area (Å²) >= 11 is 0. The Morgan fingerprint density at radius 2 is 1.68 bits per heavy atom. The number of hydrogen-bond donors (Lipinski definition) is 1. The normalized spacial score (nSPS) is 15.5. The van der Waals surface area contributed by atoms with Crippen molar-refractivity contribution in [1.29, 1.82) is 0 Å². The number of hydrogen-bond acceptors (Lipinski definition) is 5. The molecule has 1 aliphatic rings. The Balaban J connectivity index is 1.68. The number of aryl methyl sites for hydroxylation is 1.